The first kappa shape index (κ1) is 19.7. The van der Waals surface area contributed by atoms with Gasteiger partial charge in [-0.2, -0.15) is 0 Å². The fraction of sp³-hybridized carbons (Fsp3) is 0.235. The predicted molar refractivity (Wildman–Crippen MR) is 99.1 cm³/mol. The lowest BCUT2D eigenvalue weighted by Gasteiger charge is -2.34. The first-order chi connectivity index (χ1) is 13.0. The molecule has 1 aromatic heterocycles. The van der Waals surface area contributed by atoms with Gasteiger partial charge < -0.3 is 11.1 Å². The van der Waals surface area contributed by atoms with Gasteiger partial charge in [-0.05, 0) is 37.3 Å². The standard InChI is InChI=1S/C17H17F2N5O3S/c1-17(9-28(26,27)24(2)16(20)23-17)12-7-11(4-5-13(12)19)22-15(25)14-6-3-10(18)8-21-14/h3-8H,9H2,1-2H3,(H2,20,23)(H,22,25). The number of carbonyl (C=O) groups excluding carboxylic acids is 1. The molecule has 0 spiro atoms. The van der Waals surface area contributed by atoms with E-state index in [9.17, 15) is 22.0 Å². The normalized spacial score (nSPS) is 21.1. The van der Waals surface area contributed by atoms with E-state index in [1.807, 2.05) is 0 Å². The van der Waals surface area contributed by atoms with Crippen molar-refractivity contribution in [3.8, 4) is 0 Å². The Balaban J connectivity index is 1.96. The Kier molecular flexibility index (Phi) is 4.79. The van der Waals surface area contributed by atoms with E-state index in [1.54, 1.807) is 0 Å². The van der Waals surface area contributed by atoms with Gasteiger partial charge >= 0.3 is 0 Å². The highest BCUT2D eigenvalue weighted by Crippen LogP contribution is 2.34. The molecular weight excluding hydrogens is 392 g/mol. The number of halogens is 2. The smallest absolute Gasteiger partial charge is 0.274 e. The van der Waals surface area contributed by atoms with Crippen LogP contribution in [0.5, 0.6) is 0 Å². The molecule has 11 heteroatoms. The Hall–Kier alpha value is -3.08. The molecule has 1 aromatic carbocycles. The lowest BCUT2D eigenvalue weighted by molar-refractivity contribution is 0.102. The maximum Gasteiger partial charge on any atom is 0.274 e. The molecule has 0 aliphatic carbocycles. The van der Waals surface area contributed by atoms with Gasteiger partial charge in [-0.3, -0.25) is 4.79 Å². The predicted octanol–water partition coefficient (Wildman–Crippen LogP) is 1.42. The Morgan fingerprint density at radius 3 is 2.61 bits per heavy atom. The number of rotatable bonds is 3. The summed E-state index contributed by atoms with van der Waals surface area (Å²) >= 11 is 0. The van der Waals surface area contributed by atoms with Gasteiger partial charge in [0.15, 0.2) is 0 Å². The molecule has 1 unspecified atom stereocenters. The first-order valence-electron chi connectivity index (χ1n) is 8.07. The molecule has 3 N–H and O–H groups in total. The number of benzene rings is 1. The van der Waals surface area contributed by atoms with Gasteiger partial charge in [0, 0.05) is 18.3 Å². The van der Waals surface area contributed by atoms with Crippen LogP contribution in [0, 0.1) is 11.6 Å². The van der Waals surface area contributed by atoms with Crippen LogP contribution in [0.25, 0.3) is 0 Å². The van der Waals surface area contributed by atoms with Crippen LogP contribution < -0.4 is 11.1 Å². The molecule has 0 fully saturated rings. The molecule has 2 heterocycles. The molecule has 3 rings (SSSR count). The average Bonchev–Trinajstić information content (AvgIpc) is 2.61. The number of pyridine rings is 1. The number of nitrogens with zero attached hydrogens (tertiary/aromatic N) is 3. The number of aliphatic imine (C=N–C) groups is 1. The van der Waals surface area contributed by atoms with Crippen molar-refractivity contribution >= 4 is 27.6 Å². The quantitative estimate of drug-likeness (QED) is 0.795. The SMILES string of the molecule is CN1C(N)=NC(C)(c2cc(NC(=O)c3ccc(F)cn3)ccc2F)CS1(=O)=O. The summed E-state index contributed by atoms with van der Waals surface area (Å²) in [5, 5.41) is 2.51. The number of nitrogens with one attached hydrogen (secondary N) is 1. The van der Waals surface area contributed by atoms with Gasteiger partial charge in [0.2, 0.25) is 16.0 Å². The molecule has 1 aliphatic rings. The largest absolute Gasteiger partial charge is 0.369 e. The van der Waals surface area contributed by atoms with E-state index in [0.717, 1.165) is 22.6 Å². The number of nitrogens with two attached hydrogens (primary N) is 1. The second-order valence-electron chi connectivity index (χ2n) is 6.48. The topological polar surface area (TPSA) is 118 Å². The number of anilines is 1. The van der Waals surface area contributed by atoms with E-state index >= 15 is 0 Å². The minimum atomic E-state index is -3.79. The average molecular weight is 409 g/mol. The molecule has 2 aromatic rings. The zero-order chi connectivity index (χ0) is 20.7. The lowest BCUT2D eigenvalue weighted by Crippen LogP contribution is -2.50. The highest BCUT2D eigenvalue weighted by molar-refractivity contribution is 7.89. The summed E-state index contributed by atoms with van der Waals surface area (Å²) < 4.78 is 52.9. The number of guanidine groups is 1. The van der Waals surface area contributed by atoms with Crippen LogP contribution in [0.2, 0.25) is 0 Å². The number of hydrogen-bond donors (Lipinski definition) is 2. The third-order valence-corrected chi connectivity index (χ3v) is 6.28. The minimum Gasteiger partial charge on any atom is -0.369 e. The molecule has 28 heavy (non-hydrogen) atoms. The monoisotopic (exact) mass is 409 g/mol. The Morgan fingerprint density at radius 1 is 1.29 bits per heavy atom. The van der Waals surface area contributed by atoms with E-state index in [2.05, 4.69) is 15.3 Å². The molecule has 1 amide bonds. The molecule has 0 saturated carbocycles. The van der Waals surface area contributed by atoms with Crippen LogP contribution in [0.4, 0.5) is 14.5 Å². The molecule has 0 radical (unpaired) electrons. The van der Waals surface area contributed by atoms with E-state index in [0.29, 0.717) is 0 Å². The zero-order valence-corrected chi connectivity index (χ0v) is 15.8. The van der Waals surface area contributed by atoms with E-state index in [1.165, 1.54) is 32.2 Å². The Morgan fingerprint density at radius 2 is 2.00 bits per heavy atom. The molecule has 148 valence electrons. The maximum absolute atomic E-state index is 14.5. The second kappa shape index (κ2) is 6.82. The van der Waals surface area contributed by atoms with Crippen molar-refractivity contribution < 1.29 is 22.0 Å². The third kappa shape index (κ3) is 3.65. The van der Waals surface area contributed by atoms with Crippen LogP contribution in [0.1, 0.15) is 23.0 Å². The third-order valence-electron chi connectivity index (χ3n) is 4.33. The van der Waals surface area contributed by atoms with Crippen molar-refractivity contribution in [3.05, 3.63) is 59.4 Å². The van der Waals surface area contributed by atoms with Crippen LogP contribution in [-0.2, 0) is 15.6 Å². The van der Waals surface area contributed by atoms with Crippen molar-refractivity contribution in [2.45, 2.75) is 12.5 Å². The molecule has 1 atom stereocenters. The Bertz CT molecular complexity index is 1070. The van der Waals surface area contributed by atoms with Crippen LogP contribution in [0.3, 0.4) is 0 Å². The van der Waals surface area contributed by atoms with Crippen molar-refractivity contribution in [1.82, 2.24) is 9.29 Å². The van der Waals surface area contributed by atoms with Crippen LogP contribution in [-0.4, -0.2) is 42.4 Å². The van der Waals surface area contributed by atoms with Gasteiger partial charge in [0.1, 0.15) is 22.9 Å². The lowest BCUT2D eigenvalue weighted by atomic mass is 9.93. The summed E-state index contributed by atoms with van der Waals surface area (Å²) in [4.78, 5) is 20.1. The van der Waals surface area contributed by atoms with E-state index in [4.69, 9.17) is 5.73 Å². The summed E-state index contributed by atoms with van der Waals surface area (Å²) in [6.07, 6.45) is 0.896. The van der Waals surface area contributed by atoms with Gasteiger partial charge in [-0.1, -0.05) is 0 Å². The molecule has 0 bridgehead atoms. The molecule has 1 aliphatic heterocycles. The highest BCUT2D eigenvalue weighted by atomic mass is 32.2. The summed E-state index contributed by atoms with van der Waals surface area (Å²) in [6.45, 7) is 1.44. The zero-order valence-electron chi connectivity index (χ0n) is 15.0. The van der Waals surface area contributed by atoms with Crippen LogP contribution >= 0.6 is 0 Å². The van der Waals surface area contributed by atoms with Gasteiger partial charge in [0.05, 0.1) is 11.9 Å². The van der Waals surface area contributed by atoms with Crippen molar-refractivity contribution in [2.24, 2.45) is 10.7 Å². The highest BCUT2D eigenvalue weighted by Gasteiger charge is 2.41. The fourth-order valence-corrected chi connectivity index (χ4v) is 4.26. The first-order valence-corrected chi connectivity index (χ1v) is 9.68. The summed E-state index contributed by atoms with van der Waals surface area (Å²) in [5.41, 5.74) is 4.32. The van der Waals surface area contributed by atoms with Gasteiger partial charge in [-0.15, -0.1) is 0 Å². The maximum atomic E-state index is 14.5. The summed E-state index contributed by atoms with van der Waals surface area (Å²) in [6, 6.07) is 5.96. The molecular formula is C17H17F2N5O3S. The van der Waals surface area contributed by atoms with Crippen molar-refractivity contribution in [1.29, 1.82) is 0 Å². The summed E-state index contributed by atoms with van der Waals surface area (Å²) in [7, 11) is -2.53. The Labute approximate surface area is 160 Å². The van der Waals surface area contributed by atoms with Crippen molar-refractivity contribution in [2.75, 3.05) is 18.1 Å². The molecule has 8 nitrogen and oxygen atoms in total. The van der Waals surface area contributed by atoms with Gasteiger partial charge in [0.25, 0.3) is 5.91 Å². The number of aromatic nitrogens is 1. The van der Waals surface area contributed by atoms with Crippen LogP contribution in [0.15, 0.2) is 41.5 Å². The fourth-order valence-electron chi connectivity index (χ4n) is 2.81. The van der Waals surface area contributed by atoms with E-state index < -0.39 is 38.9 Å². The minimum absolute atomic E-state index is 0.0392. The van der Waals surface area contributed by atoms with Gasteiger partial charge in [-0.25, -0.2) is 31.5 Å². The number of sulfonamides is 1. The van der Waals surface area contributed by atoms with Crippen molar-refractivity contribution in [3.63, 3.8) is 0 Å². The number of carbonyl (C=O) groups is 1. The number of amides is 1. The summed E-state index contributed by atoms with van der Waals surface area (Å²) in [5.74, 6) is -2.69. The van der Waals surface area contributed by atoms with E-state index in [-0.39, 0.29) is 22.9 Å². The second-order valence-corrected chi connectivity index (χ2v) is 8.48. The number of hydrogen-bond acceptors (Lipinski definition) is 6. The molecule has 0 saturated heterocycles.